The molecule has 10 heteroatoms. The van der Waals surface area contributed by atoms with Crippen LogP contribution in [0.5, 0.6) is 11.5 Å². The Hall–Kier alpha value is -4.34. The molecule has 0 saturated heterocycles. The van der Waals surface area contributed by atoms with Crippen LogP contribution in [-0.4, -0.2) is 52.0 Å². The zero-order valence-electron chi connectivity index (χ0n) is 20.7. The lowest BCUT2D eigenvalue weighted by Crippen LogP contribution is -2.48. The van der Waals surface area contributed by atoms with E-state index in [4.69, 9.17) is 13.9 Å². The third-order valence-corrected chi connectivity index (χ3v) is 5.82. The Labute approximate surface area is 208 Å². The predicted molar refractivity (Wildman–Crippen MR) is 132 cm³/mol. The van der Waals surface area contributed by atoms with E-state index >= 15 is 0 Å². The number of benzene rings is 2. The highest BCUT2D eigenvalue weighted by atomic mass is 16.5. The average Bonchev–Trinajstić information content (AvgIpc) is 3.55. The van der Waals surface area contributed by atoms with E-state index in [1.807, 2.05) is 38.1 Å². The van der Waals surface area contributed by atoms with Gasteiger partial charge >= 0.3 is 0 Å². The van der Waals surface area contributed by atoms with Gasteiger partial charge in [-0.1, -0.05) is 29.5 Å². The fourth-order valence-electron chi connectivity index (χ4n) is 4.20. The lowest BCUT2D eigenvalue weighted by atomic mass is 10.0. The highest BCUT2D eigenvalue weighted by molar-refractivity contribution is 5.90. The van der Waals surface area contributed by atoms with Crippen molar-refractivity contribution in [3.05, 3.63) is 72.2 Å². The molecule has 2 aromatic carbocycles. The number of carbonyl (C=O) groups excluding carboxylic acids is 2. The van der Waals surface area contributed by atoms with Gasteiger partial charge in [-0.15, -0.1) is 5.10 Å². The van der Waals surface area contributed by atoms with E-state index < -0.39 is 6.04 Å². The normalized spacial score (nSPS) is 11.9. The van der Waals surface area contributed by atoms with Gasteiger partial charge in [0.15, 0.2) is 11.5 Å². The molecule has 2 aromatic heterocycles. The van der Waals surface area contributed by atoms with E-state index in [0.717, 1.165) is 5.52 Å². The summed E-state index contributed by atoms with van der Waals surface area (Å²) in [5.74, 6) is 0.739. The van der Waals surface area contributed by atoms with Crippen molar-refractivity contribution >= 4 is 22.8 Å². The van der Waals surface area contributed by atoms with E-state index in [0.29, 0.717) is 28.3 Å². The monoisotopic (exact) mass is 491 g/mol. The molecule has 0 unspecified atom stereocenters. The topological polar surface area (TPSA) is 112 Å². The molecular weight excluding hydrogens is 462 g/mol. The second kappa shape index (κ2) is 10.9. The number of hydrogen-bond donors (Lipinski definition) is 1. The van der Waals surface area contributed by atoms with E-state index in [2.05, 4.69) is 15.6 Å². The highest BCUT2D eigenvalue weighted by Crippen LogP contribution is 2.38. The van der Waals surface area contributed by atoms with Crippen LogP contribution in [0.25, 0.3) is 11.0 Å². The molecular formula is C26H29N5O5. The van der Waals surface area contributed by atoms with E-state index in [-0.39, 0.29) is 30.9 Å². The first-order chi connectivity index (χ1) is 17.4. The quantitative estimate of drug-likeness (QED) is 0.362. The van der Waals surface area contributed by atoms with Crippen molar-refractivity contribution in [1.82, 2.24) is 25.2 Å². The number of amides is 2. The number of hydrogen-bond acceptors (Lipinski definition) is 7. The third kappa shape index (κ3) is 5.02. The summed E-state index contributed by atoms with van der Waals surface area (Å²) < 4.78 is 18.0. The number of nitrogens with zero attached hydrogens (tertiary/aromatic N) is 4. The van der Waals surface area contributed by atoms with Gasteiger partial charge in [0.05, 0.1) is 32.5 Å². The van der Waals surface area contributed by atoms with Crippen molar-refractivity contribution in [3.8, 4) is 11.5 Å². The summed E-state index contributed by atoms with van der Waals surface area (Å²) in [6.07, 6.45) is 1.54. The molecule has 4 aromatic rings. The van der Waals surface area contributed by atoms with Gasteiger partial charge in [-0.05, 0) is 44.2 Å². The maximum absolute atomic E-state index is 13.8. The zero-order valence-corrected chi connectivity index (χ0v) is 20.7. The highest BCUT2D eigenvalue weighted by Gasteiger charge is 2.36. The molecule has 2 heterocycles. The number of furan rings is 1. The largest absolute Gasteiger partial charge is 0.493 e. The Morgan fingerprint density at radius 1 is 1.06 bits per heavy atom. The van der Waals surface area contributed by atoms with Gasteiger partial charge < -0.3 is 24.1 Å². The zero-order chi connectivity index (χ0) is 25.7. The Morgan fingerprint density at radius 3 is 2.56 bits per heavy atom. The SMILES string of the molecule is COc1cccc([C@@H](C(=O)NCc2ccco2)N(C(=O)Cn2nnc3ccccc32)C(C)C)c1OC. The molecule has 2 amide bonds. The molecule has 0 bridgehead atoms. The number of carbonyl (C=O) groups is 2. The number of para-hydroxylation sites is 2. The van der Waals surface area contributed by atoms with Gasteiger partial charge in [-0.2, -0.15) is 0 Å². The molecule has 10 nitrogen and oxygen atoms in total. The van der Waals surface area contributed by atoms with Crippen LogP contribution in [0.15, 0.2) is 65.3 Å². The number of ether oxygens (including phenoxy) is 2. The van der Waals surface area contributed by atoms with Crippen LogP contribution in [0, 0.1) is 0 Å². The summed E-state index contributed by atoms with van der Waals surface area (Å²) in [6, 6.07) is 14.8. The van der Waals surface area contributed by atoms with Crippen molar-refractivity contribution in [2.45, 2.75) is 39.0 Å². The van der Waals surface area contributed by atoms with Crippen LogP contribution in [0.4, 0.5) is 0 Å². The van der Waals surface area contributed by atoms with Crippen LogP contribution < -0.4 is 14.8 Å². The van der Waals surface area contributed by atoms with Gasteiger partial charge in [0.2, 0.25) is 11.8 Å². The second-order valence-electron chi connectivity index (χ2n) is 8.41. The average molecular weight is 492 g/mol. The molecule has 188 valence electrons. The van der Waals surface area contributed by atoms with Crippen LogP contribution >= 0.6 is 0 Å². The second-order valence-corrected chi connectivity index (χ2v) is 8.41. The predicted octanol–water partition coefficient (Wildman–Crippen LogP) is 3.34. The summed E-state index contributed by atoms with van der Waals surface area (Å²) in [5.41, 5.74) is 1.91. The van der Waals surface area contributed by atoms with Crippen LogP contribution in [0.1, 0.15) is 31.2 Å². The van der Waals surface area contributed by atoms with Gasteiger partial charge in [0, 0.05) is 11.6 Å². The summed E-state index contributed by atoms with van der Waals surface area (Å²) in [6.45, 7) is 3.79. The first-order valence-corrected chi connectivity index (χ1v) is 11.5. The lowest BCUT2D eigenvalue weighted by Gasteiger charge is -2.35. The van der Waals surface area contributed by atoms with Gasteiger partial charge in [0.25, 0.3) is 0 Å². The van der Waals surface area contributed by atoms with Gasteiger partial charge in [-0.3, -0.25) is 9.59 Å². The van der Waals surface area contributed by atoms with Crippen molar-refractivity contribution in [3.63, 3.8) is 0 Å². The molecule has 1 N–H and O–H groups in total. The molecule has 0 aliphatic heterocycles. The standard InChI is InChI=1S/C26H29N5O5/c1-17(2)31(23(32)16-30-21-12-6-5-11-20(21)28-29-30)24(26(33)27-15-18-9-8-14-36-18)19-10-7-13-22(34-3)25(19)35-4/h5-14,17,24H,15-16H2,1-4H3,(H,27,33)/t24-/m0/s1. The Kier molecular flexibility index (Phi) is 7.53. The number of fused-ring (bicyclic) bond motifs is 1. The maximum atomic E-state index is 13.8. The smallest absolute Gasteiger partial charge is 0.247 e. The van der Waals surface area contributed by atoms with E-state index in [1.165, 1.54) is 30.1 Å². The third-order valence-electron chi connectivity index (χ3n) is 5.82. The molecule has 0 radical (unpaired) electrons. The molecule has 0 spiro atoms. The van der Waals surface area contributed by atoms with Crippen LogP contribution in [-0.2, 0) is 22.7 Å². The van der Waals surface area contributed by atoms with E-state index in [9.17, 15) is 9.59 Å². The van der Waals surface area contributed by atoms with Crippen molar-refractivity contribution in [1.29, 1.82) is 0 Å². The Bertz CT molecular complexity index is 1330. The molecule has 0 aliphatic carbocycles. The molecule has 36 heavy (non-hydrogen) atoms. The molecule has 0 fully saturated rings. The number of rotatable bonds is 10. The first kappa shape index (κ1) is 24.8. The molecule has 0 aliphatic rings. The summed E-state index contributed by atoms with van der Waals surface area (Å²) in [7, 11) is 3.02. The minimum Gasteiger partial charge on any atom is -0.493 e. The number of nitrogens with one attached hydrogen (secondary N) is 1. The fourth-order valence-corrected chi connectivity index (χ4v) is 4.20. The van der Waals surface area contributed by atoms with Gasteiger partial charge in [0.1, 0.15) is 23.9 Å². The maximum Gasteiger partial charge on any atom is 0.247 e. The lowest BCUT2D eigenvalue weighted by molar-refractivity contribution is -0.143. The molecule has 1 atom stereocenters. The minimum atomic E-state index is -1.01. The fraction of sp³-hybridized carbons (Fsp3) is 0.308. The van der Waals surface area contributed by atoms with Crippen molar-refractivity contribution < 1.29 is 23.5 Å². The van der Waals surface area contributed by atoms with Gasteiger partial charge in [-0.25, -0.2) is 4.68 Å². The minimum absolute atomic E-state index is 0.0903. The van der Waals surface area contributed by atoms with Crippen molar-refractivity contribution in [2.24, 2.45) is 0 Å². The summed E-state index contributed by atoms with van der Waals surface area (Å²) >= 11 is 0. The Morgan fingerprint density at radius 2 is 1.86 bits per heavy atom. The summed E-state index contributed by atoms with van der Waals surface area (Å²) in [5, 5.41) is 11.2. The Balaban J connectivity index is 1.73. The molecule has 0 saturated carbocycles. The molecule has 4 rings (SSSR count). The van der Waals surface area contributed by atoms with Crippen LogP contribution in [0.2, 0.25) is 0 Å². The van der Waals surface area contributed by atoms with Crippen LogP contribution in [0.3, 0.4) is 0 Å². The van der Waals surface area contributed by atoms with E-state index in [1.54, 1.807) is 30.3 Å². The number of methoxy groups -OCH3 is 2. The van der Waals surface area contributed by atoms with Crippen molar-refractivity contribution in [2.75, 3.05) is 14.2 Å². The summed E-state index contributed by atoms with van der Waals surface area (Å²) in [4.78, 5) is 29.0. The number of aromatic nitrogens is 3. The first-order valence-electron chi connectivity index (χ1n) is 11.5.